The van der Waals surface area contributed by atoms with E-state index in [1.54, 1.807) is 13.8 Å². The van der Waals surface area contributed by atoms with Gasteiger partial charge in [0.25, 0.3) is 0 Å². The first kappa shape index (κ1) is 24.9. The van der Waals surface area contributed by atoms with E-state index in [0.29, 0.717) is 24.0 Å². The molecule has 3 N–H and O–H groups in total. The third-order valence-electron chi connectivity index (χ3n) is 8.08. The molecule has 0 spiro atoms. The fraction of sp³-hybridized carbons (Fsp3) is 0.552. The lowest BCUT2D eigenvalue weighted by atomic mass is 9.79. The molecule has 2 aromatic carbocycles. The predicted molar refractivity (Wildman–Crippen MR) is 138 cm³/mol. The molecule has 4 atom stereocenters. The van der Waals surface area contributed by atoms with Crippen molar-refractivity contribution in [1.29, 1.82) is 0 Å². The largest absolute Gasteiger partial charge is 0.481 e. The maximum atomic E-state index is 11.7. The number of rotatable bonds is 9. The van der Waals surface area contributed by atoms with Crippen LogP contribution in [0, 0.1) is 5.92 Å². The van der Waals surface area contributed by atoms with Crippen molar-refractivity contribution < 1.29 is 9.90 Å². The van der Waals surface area contributed by atoms with E-state index in [9.17, 15) is 9.90 Å². The molecule has 2 fully saturated rings. The fourth-order valence-corrected chi connectivity index (χ4v) is 5.85. The Hall–Kier alpha value is -2.21. The average Bonchev–Trinajstić information content (AvgIpc) is 2.86. The fourth-order valence-electron chi connectivity index (χ4n) is 5.85. The number of carboxylic acids is 1. The minimum absolute atomic E-state index is 0.300. The zero-order valence-electron chi connectivity index (χ0n) is 21.0. The lowest BCUT2D eigenvalue weighted by Gasteiger charge is -2.48. The predicted octanol–water partition coefficient (Wildman–Crippen LogP) is 4.38. The van der Waals surface area contributed by atoms with Crippen molar-refractivity contribution in [2.24, 2.45) is 5.92 Å². The van der Waals surface area contributed by atoms with Crippen molar-refractivity contribution in [3.05, 3.63) is 71.3 Å². The van der Waals surface area contributed by atoms with E-state index in [1.807, 2.05) is 12.1 Å². The molecule has 5 heteroatoms. The number of carboxylic acid groups (broad SMARTS) is 1. The second-order valence-corrected chi connectivity index (χ2v) is 10.6. The van der Waals surface area contributed by atoms with Crippen molar-refractivity contribution in [2.75, 3.05) is 26.2 Å². The monoisotopic (exact) mass is 463 g/mol. The molecular weight excluding hydrogens is 422 g/mol. The minimum atomic E-state index is -0.883. The summed E-state index contributed by atoms with van der Waals surface area (Å²) in [5, 5.41) is 17.4. The van der Waals surface area contributed by atoms with Crippen molar-refractivity contribution in [1.82, 2.24) is 15.5 Å². The summed E-state index contributed by atoms with van der Waals surface area (Å²) in [6.07, 6.45) is 4.69. The number of nitrogens with one attached hydrogen (secondary N) is 2. The van der Waals surface area contributed by atoms with Gasteiger partial charge in [-0.05, 0) is 81.8 Å². The highest BCUT2D eigenvalue weighted by Crippen LogP contribution is 2.34. The highest BCUT2D eigenvalue weighted by atomic mass is 16.4. The zero-order valence-corrected chi connectivity index (χ0v) is 21.0. The van der Waals surface area contributed by atoms with Crippen molar-refractivity contribution in [3.63, 3.8) is 0 Å². The smallest absolute Gasteiger partial charge is 0.313 e. The Labute approximate surface area is 204 Å². The number of piperidine rings is 2. The Morgan fingerprint density at radius 1 is 1.21 bits per heavy atom. The van der Waals surface area contributed by atoms with Crippen LogP contribution in [0.3, 0.4) is 0 Å². The maximum Gasteiger partial charge on any atom is 0.313 e. The average molecular weight is 464 g/mol. The van der Waals surface area contributed by atoms with Crippen LogP contribution >= 0.6 is 0 Å². The van der Waals surface area contributed by atoms with Crippen molar-refractivity contribution >= 4 is 5.97 Å². The van der Waals surface area contributed by atoms with E-state index in [4.69, 9.17) is 0 Å². The summed E-state index contributed by atoms with van der Waals surface area (Å²) < 4.78 is 0. The van der Waals surface area contributed by atoms with Crippen molar-refractivity contribution in [2.45, 2.75) is 70.0 Å². The standard InChI is InChI=1S/C29H41N3O2/c1-4-32-17-9-14-25-26(32)19-23(20-31-25)27(22-11-6-5-7-12-22)30-16-15-21-10-8-13-24(18-21)29(2,3)28(33)34/h5-8,10-13,18,23,25-27,30-31H,4,9,14-17,19-20H2,1-3H3,(H,33,34)/t23-,25?,26?,27-/m1/s1. The van der Waals surface area contributed by atoms with Crippen LogP contribution in [-0.2, 0) is 16.6 Å². The number of nitrogens with zero attached hydrogens (tertiary/aromatic N) is 1. The second-order valence-electron chi connectivity index (χ2n) is 10.6. The van der Waals surface area contributed by atoms with Crippen LogP contribution in [0.15, 0.2) is 54.6 Å². The van der Waals surface area contributed by atoms with Crippen LogP contribution in [0.25, 0.3) is 0 Å². The molecule has 2 aliphatic heterocycles. The summed E-state index contributed by atoms with van der Waals surface area (Å²) >= 11 is 0. The summed E-state index contributed by atoms with van der Waals surface area (Å²) in [4.78, 5) is 14.4. The number of fused-ring (bicyclic) bond motifs is 1. The topological polar surface area (TPSA) is 64.6 Å². The van der Waals surface area contributed by atoms with Gasteiger partial charge in [0, 0.05) is 24.7 Å². The molecule has 0 aliphatic carbocycles. The van der Waals surface area contributed by atoms with Crippen LogP contribution in [0.5, 0.6) is 0 Å². The van der Waals surface area contributed by atoms with E-state index >= 15 is 0 Å². The molecule has 2 unspecified atom stereocenters. The second kappa shape index (κ2) is 11.0. The third-order valence-corrected chi connectivity index (χ3v) is 8.08. The van der Waals surface area contributed by atoms with E-state index in [1.165, 1.54) is 36.9 Å². The minimum Gasteiger partial charge on any atom is -0.481 e. The Kier molecular flexibility index (Phi) is 8.07. The molecule has 4 rings (SSSR count). The Morgan fingerprint density at radius 2 is 2.00 bits per heavy atom. The first-order chi connectivity index (χ1) is 16.4. The molecule has 0 radical (unpaired) electrons. The van der Waals surface area contributed by atoms with Gasteiger partial charge >= 0.3 is 5.97 Å². The summed E-state index contributed by atoms with van der Waals surface area (Å²) in [6, 6.07) is 20.5. The third kappa shape index (κ3) is 5.54. The molecule has 2 aromatic rings. The lowest BCUT2D eigenvalue weighted by Crippen LogP contribution is -2.60. The molecule has 2 saturated heterocycles. The van der Waals surface area contributed by atoms with E-state index in [2.05, 4.69) is 64.9 Å². The van der Waals surface area contributed by atoms with E-state index in [-0.39, 0.29) is 0 Å². The summed E-state index contributed by atoms with van der Waals surface area (Å²) in [5.41, 5.74) is 2.51. The van der Waals surface area contributed by atoms with Gasteiger partial charge in [0.15, 0.2) is 0 Å². The van der Waals surface area contributed by atoms with Crippen LogP contribution in [0.2, 0.25) is 0 Å². The van der Waals surface area contributed by atoms with Gasteiger partial charge < -0.3 is 15.7 Å². The number of aliphatic carboxylic acids is 1. The molecule has 2 aliphatic rings. The lowest BCUT2D eigenvalue weighted by molar-refractivity contribution is -0.142. The van der Waals surface area contributed by atoms with Crippen LogP contribution in [0.4, 0.5) is 0 Å². The van der Waals surface area contributed by atoms with Gasteiger partial charge in [0.05, 0.1) is 5.41 Å². The molecule has 0 aromatic heterocycles. The quantitative estimate of drug-likeness (QED) is 0.515. The molecule has 0 amide bonds. The molecule has 0 bridgehead atoms. The number of likely N-dealkylation sites (N-methyl/N-ethyl adjacent to an activating group) is 1. The molecule has 0 saturated carbocycles. The number of hydrogen-bond donors (Lipinski definition) is 3. The van der Waals surface area contributed by atoms with Crippen LogP contribution < -0.4 is 10.6 Å². The molecule has 2 heterocycles. The van der Waals surface area contributed by atoms with Gasteiger partial charge in [-0.1, -0.05) is 61.5 Å². The first-order valence-electron chi connectivity index (χ1n) is 13.0. The Morgan fingerprint density at radius 3 is 2.74 bits per heavy atom. The highest BCUT2D eigenvalue weighted by Gasteiger charge is 2.38. The van der Waals surface area contributed by atoms with Gasteiger partial charge in [0.2, 0.25) is 0 Å². The summed E-state index contributed by atoms with van der Waals surface area (Å²) in [6.45, 7) is 10.1. The van der Waals surface area contributed by atoms with E-state index in [0.717, 1.165) is 31.6 Å². The molecule has 184 valence electrons. The number of benzene rings is 2. The Bertz CT molecular complexity index is 939. The van der Waals surface area contributed by atoms with Gasteiger partial charge in [-0.25, -0.2) is 0 Å². The van der Waals surface area contributed by atoms with Gasteiger partial charge in [-0.15, -0.1) is 0 Å². The molecule has 5 nitrogen and oxygen atoms in total. The van der Waals surface area contributed by atoms with E-state index < -0.39 is 11.4 Å². The normalized spacial score (nSPS) is 24.4. The zero-order chi connectivity index (χ0) is 24.1. The SMILES string of the molecule is CCN1CCCC2NC[C@H]([C@H](NCCc3cccc(C(C)(C)C(=O)O)c3)c3ccccc3)CC21. The maximum absolute atomic E-state index is 11.7. The Balaban J connectivity index is 1.46. The summed E-state index contributed by atoms with van der Waals surface area (Å²) in [7, 11) is 0. The number of hydrogen-bond acceptors (Lipinski definition) is 4. The molecule has 34 heavy (non-hydrogen) atoms. The molecular formula is C29H41N3O2. The van der Waals surface area contributed by atoms with Crippen LogP contribution in [0.1, 0.15) is 62.8 Å². The number of likely N-dealkylation sites (tertiary alicyclic amines) is 1. The van der Waals surface area contributed by atoms with Gasteiger partial charge in [-0.3, -0.25) is 9.69 Å². The summed E-state index contributed by atoms with van der Waals surface area (Å²) in [5.74, 6) is -0.257. The first-order valence-corrected chi connectivity index (χ1v) is 13.0. The number of carbonyl (C=O) groups is 1. The highest BCUT2D eigenvalue weighted by molar-refractivity contribution is 5.80. The van der Waals surface area contributed by atoms with Gasteiger partial charge in [-0.2, -0.15) is 0 Å². The van der Waals surface area contributed by atoms with Crippen molar-refractivity contribution in [3.8, 4) is 0 Å². The van der Waals surface area contributed by atoms with Gasteiger partial charge in [0.1, 0.15) is 0 Å². The van der Waals surface area contributed by atoms with Crippen LogP contribution in [-0.4, -0.2) is 54.2 Å².